The topological polar surface area (TPSA) is 70.2 Å². The number of hydrogen-bond donors (Lipinski definition) is 2. The summed E-state index contributed by atoms with van der Waals surface area (Å²) >= 11 is 0. The smallest absolute Gasteiger partial charge is 0.409 e. The van der Waals surface area contributed by atoms with Crippen LogP contribution in [0.2, 0.25) is 0 Å². The van der Waals surface area contributed by atoms with E-state index in [1.165, 1.54) is 11.1 Å². The molecule has 6 heteroatoms. The molecule has 6 nitrogen and oxygen atoms in total. The van der Waals surface area contributed by atoms with Crippen LogP contribution in [-0.2, 0) is 4.74 Å². The van der Waals surface area contributed by atoms with E-state index in [1.807, 2.05) is 6.92 Å². The second kappa shape index (κ2) is 6.48. The van der Waals surface area contributed by atoms with Crippen molar-refractivity contribution in [2.75, 3.05) is 25.0 Å². The van der Waals surface area contributed by atoms with Crippen LogP contribution >= 0.6 is 0 Å². The number of anilines is 1. The van der Waals surface area contributed by atoms with Gasteiger partial charge in [0.1, 0.15) is 0 Å². The van der Waals surface area contributed by atoms with E-state index in [0.717, 1.165) is 42.9 Å². The fourth-order valence-electron chi connectivity index (χ4n) is 3.15. The van der Waals surface area contributed by atoms with E-state index in [4.69, 9.17) is 4.74 Å². The number of hydrogen-bond acceptors (Lipinski definition) is 4. The molecular weight excluding hydrogens is 292 g/mol. The van der Waals surface area contributed by atoms with Crippen LogP contribution in [0.4, 0.5) is 10.7 Å². The molecule has 1 aliphatic heterocycles. The standard InChI is InChI=1S/C17H24N4O2/c1-4-23-17(22)21-7-5-13(6-8-21)18-16-19-14-10-11(2)9-12(3)15(14)20-16/h9-10,13H,4-8H2,1-3H3,(H2,18,19,20). The highest BCUT2D eigenvalue weighted by atomic mass is 16.6. The monoisotopic (exact) mass is 316 g/mol. The number of aromatic nitrogens is 2. The molecule has 0 spiro atoms. The summed E-state index contributed by atoms with van der Waals surface area (Å²) < 4.78 is 5.05. The highest BCUT2D eigenvalue weighted by Crippen LogP contribution is 2.22. The quantitative estimate of drug-likeness (QED) is 0.912. The molecule has 124 valence electrons. The minimum Gasteiger partial charge on any atom is -0.450 e. The summed E-state index contributed by atoms with van der Waals surface area (Å²) in [5.74, 6) is 0.809. The summed E-state index contributed by atoms with van der Waals surface area (Å²) in [6, 6.07) is 4.58. The number of carbonyl (C=O) groups excluding carboxylic acids is 1. The number of nitrogens with one attached hydrogen (secondary N) is 2. The number of imidazole rings is 1. The molecule has 2 heterocycles. The van der Waals surface area contributed by atoms with Crippen molar-refractivity contribution in [1.82, 2.24) is 14.9 Å². The van der Waals surface area contributed by atoms with Gasteiger partial charge in [0.05, 0.1) is 17.6 Å². The van der Waals surface area contributed by atoms with E-state index in [2.05, 4.69) is 41.3 Å². The van der Waals surface area contributed by atoms with Crippen molar-refractivity contribution in [2.45, 2.75) is 39.7 Å². The molecule has 1 aromatic heterocycles. The predicted molar refractivity (Wildman–Crippen MR) is 90.8 cm³/mol. The van der Waals surface area contributed by atoms with Crippen molar-refractivity contribution in [3.63, 3.8) is 0 Å². The number of ether oxygens (including phenoxy) is 1. The highest BCUT2D eigenvalue weighted by molar-refractivity contribution is 5.81. The number of carbonyl (C=O) groups is 1. The number of nitrogens with zero attached hydrogens (tertiary/aromatic N) is 2. The second-order valence-corrected chi connectivity index (χ2v) is 6.17. The lowest BCUT2D eigenvalue weighted by molar-refractivity contribution is 0.0983. The average Bonchev–Trinajstić information content (AvgIpc) is 2.91. The molecule has 1 aromatic carbocycles. The molecule has 0 saturated carbocycles. The van der Waals surface area contributed by atoms with E-state index < -0.39 is 0 Å². The number of aryl methyl sites for hydroxylation is 2. The number of rotatable bonds is 3. The Labute approximate surface area is 136 Å². The normalized spacial score (nSPS) is 15.9. The molecule has 23 heavy (non-hydrogen) atoms. The molecule has 1 saturated heterocycles. The first kappa shape index (κ1) is 15.6. The first-order valence-corrected chi connectivity index (χ1v) is 8.22. The lowest BCUT2D eigenvalue weighted by Crippen LogP contribution is -2.42. The van der Waals surface area contributed by atoms with E-state index in [9.17, 15) is 4.79 Å². The van der Waals surface area contributed by atoms with Gasteiger partial charge >= 0.3 is 6.09 Å². The molecular formula is C17H24N4O2. The minimum atomic E-state index is -0.208. The third-order valence-electron chi connectivity index (χ3n) is 4.28. The largest absolute Gasteiger partial charge is 0.450 e. The number of aromatic amines is 1. The van der Waals surface area contributed by atoms with Gasteiger partial charge in [-0.3, -0.25) is 0 Å². The van der Waals surface area contributed by atoms with Crippen molar-refractivity contribution in [3.05, 3.63) is 23.3 Å². The van der Waals surface area contributed by atoms with Crippen LogP contribution < -0.4 is 5.32 Å². The van der Waals surface area contributed by atoms with Crippen LogP contribution in [0.15, 0.2) is 12.1 Å². The maximum atomic E-state index is 11.7. The van der Waals surface area contributed by atoms with Gasteiger partial charge in [0.15, 0.2) is 0 Å². The van der Waals surface area contributed by atoms with Crippen LogP contribution in [0.1, 0.15) is 30.9 Å². The van der Waals surface area contributed by atoms with Gasteiger partial charge in [-0.15, -0.1) is 0 Å². The zero-order chi connectivity index (χ0) is 16.4. The number of H-pyrrole nitrogens is 1. The lowest BCUT2D eigenvalue weighted by atomic mass is 10.1. The Kier molecular flexibility index (Phi) is 4.41. The first-order valence-electron chi connectivity index (χ1n) is 8.22. The number of fused-ring (bicyclic) bond motifs is 1. The Bertz CT molecular complexity index is 702. The minimum absolute atomic E-state index is 0.208. The van der Waals surface area contributed by atoms with Gasteiger partial charge in [0.2, 0.25) is 5.95 Å². The number of likely N-dealkylation sites (tertiary alicyclic amines) is 1. The first-order chi connectivity index (χ1) is 11.1. The molecule has 0 aliphatic carbocycles. The molecule has 2 aromatic rings. The Morgan fingerprint density at radius 3 is 2.83 bits per heavy atom. The summed E-state index contributed by atoms with van der Waals surface area (Å²) in [6.45, 7) is 7.86. The lowest BCUT2D eigenvalue weighted by Gasteiger charge is -2.31. The van der Waals surface area contributed by atoms with Crippen molar-refractivity contribution in [3.8, 4) is 0 Å². The summed E-state index contributed by atoms with van der Waals surface area (Å²) in [4.78, 5) is 21.5. The predicted octanol–water partition coefficient (Wildman–Crippen LogP) is 3.21. The van der Waals surface area contributed by atoms with Gasteiger partial charge in [-0.05, 0) is 50.8 Å². The number of piperidine rings is 1. The maximum absolute atomic E-state index is 11.7. The zero-order valence-electron chi connectivity index (χ0n) is 14.0. The van der Waals surface area contributed by atoms with Crippen LogP contribution in [0.3, 0.4) is 0 Å². The van der Waals surface area contributed by atoms with Gasteiger partial charge in [-0.25, -0.2) is 9.78 Å². The Balaban J connectivity index is 1.63. The van der Waals surface area contributed by atoms with Crippen molar-refractivity contribution >= 4 is 23.1 Å². The van der Waals surface area contributed by atoms with Gasteiger partial charge in [-0.2, -0.15) is 0 Å². The van der Waals surface area contributed by atoms with E-state index in [1.54, 1.807) is 4.90 Å². The van der Waals surface area contributed by atoms with Crippen LogP contribution in [0.25, 0.3) is 11.0 Å². The van der Waals surface area contributed by atoms with E-state index in [-0.39, 0.29) is 6.09 Å². The van der Waals surface area contributed by atoms with E-state index in [0.29, 0.717) is 12.6 Å². The molecule has 2 N–H and O–H groups in total. The SMILES string of the molecule is CCOC(=O)N1CCC(Nc2nc3c(C)cc(C)cc3[nH]2)CC1. The molecule has 1 fully saturated rings. The Hall–Kier alpha value is -2.24. The zero-order valence-corrected chi connectivity index (χ0v) is 14.0. The molecule has 0 atom stereocenters. The Morgan fingerprint density at radius 1 is 1.39 bits per heavy atom. The van der Waals surface area contributed by atoms with Crippen molar-refractivity contribution in [2.24, 2.45) is 0 Å². The van der Waals surface area contributed by atoms with Crippen LogP contribution in [-0.4, -0.2) is 46.7 Å². The fraction of sp³-hybridized carbons (Fsp3) is 0.529. The van der Waals surface area contributed by atoms with Gasteiger partial charge < -0.3 is 19.9 Å². The third-order valence-corrected chi connectivity index (χ3v) is 4.28. The highest BCUT2D eigenvalue weighted by Gasteiger charge is 2.24. The molecule has 1 aliphatic rings. The number of benzene rings is 1. The summed E-state index contributed by atoms with van der Waals surface area (Å²) in [7, 11) is 0. The van der Waals surface area contributed by atoms with Crippen LogP contribution in [0, 0.1) is 13.8 Å². The molecule has 0 unspecified atom stereocenters. The summed E-state index contributed by atoms with van der Waals surface area (Å²) in [5.41, 5.74) is 4.49. The molecule has 0 radical (unpaired) electrons. The molecule has 1 amide bonds. The molecule has 0 bridgehead atoms. The van der Waals surface area contributed by atoms with Crippen molar-refractivity contribution in [1.29, 1.82) is 0 Å². The van der Waals surface area contributed by atoms with E-state index >= 15 is 0 Å². The van der Waals surface area contributed by atoms with Gasteiger partial charge in [-0.1, -0.05) is 6.07 Å². The summed E-state index contributed by atoms with van der Waals surface area (Å²) in [5, 5.41) is 3.46. The second-order valence-electron chi connectivity index (χ2n) is 6.17. The van der Waals surface area contributed by atoms with Gasteiger partial charge in [0, 0.05) is 19.1 Å². The van der Waals surface area contributed by atoms with Gasteiger partial charge in [0.25, 0.3) is 0 Å². The average molecular weight is 316 g/mol. The maximum Gasteiger partial charge on any atom is 0.409 e. The fourth-order valence-corrected chi connectivity index (χ4v) is 3.15. The third kappa shape index (κ3) is 3.41. The molecule has 3 rings (SSSR count). The summed E-state index contributed by atoms with van der Waals surface area (Å²) in [6.07, 6.45) is 1.59. The van der Waals surface area contributed by atoms with Crippen LogP contribution in [0.5, 0.6) is 0 Å². The number of amides is 1. The Morgan fingerprint density at radius 2 is 2.13 bits per heavy atom. The van der Waals surface area contributed by atoms with Crippen molar-refractivity contribution < 1.29 is 9.53 Å².